The lowest BCUT2D eigenvalue weighted by molar-refractivity contribution is 0.248. The van der Waals surface area contributed by atoms with Gasteiger partial charge >= 0.3 is 0 Å². The maximum absolute atomic E-state index is 13.0. The van der Waals surface area contributed by atoms with Crippen molar-refractivity contribution in [1.29, 1.82) is 0 Å². The zero-order chi connectivity index (χ0) is 17.8. The van der Waals surface area contributed by atoms with Gasteiger partial charge in [0, 0.05) is 18.5 Å². The van der Waals surface area contributed by atoms with E-state index < -0.39 is 0 Å². The summed E-state index contributed by atoms with van der Waals surface area (Å²) in [4.78, 5) is 9.14. The Labute approximate surface area is 147 Å². The Morgan fingerprint density at radius 3 is 2.52 bits per heavy atom. The lowest BCUT2D eigenvalue weighted by Crippen LogP contribution is -2.30. The molecule has 0 amide bonds. The van der Waals surface area contributed by atoms with E-state index in [1.807, 2.05) is 19.9 Å². The third-order valence-electron chi connectivity index (χ3n) is 4.44. The van der Waals surface area contributed by atoms with Crippen LogP contribution in [0.15, 0.2) is 30.3 Å². The van der Waals surface area contributed by atoms with Gasteiger partial charge in [-0.25, -0.2) is 9.37 Å². The number of rotatable bonds is 8. The lowest BCUT2D eigenvalue weighted by Gasteiger charge is -2.20. The van der Waals surface area contributed by atoms with Gasteiger partial charge in [-0.05, 0) is 36.5 Å². The minimum atomic E-state index is -0.239. The van der Waals surface area contributed by atoms with Gasteiger partial charge in [-0.15, -0.1) is 0 Å². The number of nitrogens with one attached hydrogen (secondary N) is 2. The Kier molecular flexibility index (Phi) is 5.48. The molecule has 0 radical (unpaired) electrons. The molecule has 3 N–H and O–H groups in total. The van der Waals surface area contributed by atoms with Crippen LogP contribution < -0.4 is 10.6 Å². The maximum atomic E-state index is 13.0. The SMILES string of the molecule is CC(C)[C@@H](CO)Nc1nc(NCc2ccc(F)cc2)cc(C2CC2)n1. The summed E-state index contributed by atoms with van der Waals surface area (Å²) >= 11 is 0. The Bertz CT molecular complexity index is 701. The van der Waals surface area contributed by atoms with Gasteiger partial charge in [0.25, 0.3) is 0 Å². The van der Waals surface area contributed by atoms with Crippen molar-refractivity contribution < 1.29 is 9.50 Å². The third kappa shape index (κ3) is 4.89. The van der Waals surface area contributed by atoms with E-state index >= 15 is 0 Å². The zero-order valence-corrected chi connectivity index (χ0v) is 14.7. The van der Waals surface area contributed by atoms with Gasteiger partial charge in [0.1, 0.15) is 11.6 Å². The summed E-state index contributed by atoms with van der Waals surface area (Å²) in [6.07, 6.45) is 2.31. The maximum Gasteiger partial charge on any atom is 0.225 e. The highest BCUT2D eigenvalue weighted by Gasteiger charge is 2.26. The van der Waals surface area contributed by atoms with Crippen molar-refractivity contribution in [1.82, 2.24) is 9.97 Å². The van der Waals surface area contributed by atoms with Crippen molar-refractivity contribution in [2.75, 3.05) is 17.2 Å². The largest absolute Gasteiger partial charge is 0.394 e. The van der Waals surface area contributed by atoms with Crippen molar-refractivity contribution in [2.24, 2.45) is 5.92 Å². The fraction of sp³-hybridized carbons (Fsp3) is 0.474. The van der Waals surface area contributed by atoms with E-state index in [0.717, 1.165) is 29.9 Å². The number of anilines is 2. The first-order valence-corrected chi connectivity index (χ1v) is 8.80. The summed E-state index contributed by atoms with van der Waals surface area (Å²) in [6.45, 7) is 4.69. The molecule has 2 aromatic rings. The minimum absolute atomic E-state index is 0.0347. The van der Waals surface area contributed by atoms with Gasteiger partial charge in [-0.2, -0.15) is 4.98 Å². The quantitative estimate of drug-likeness (QED) is 0.683. The summed E-state index contributed by atoms with van der Waals surface area (Å²) < 4.78 is 13.0. The highest BCUT2D eigenvalue weighted by atomic mass is 19.1. The first-order chi connectivity index (χ1) is 12.0. The highest BCUT2D eigenvalue weighted by Crippen LogP contribution is 2.40. The molecule has 1 heterocycles. The number of hydrogen-bond donors (Lipinski definition) is 3. The number of halogens is 1. The molecule has 134 valence electrons. The molecular formula is C19H25FN4O. The van der Waals surface area contributed by atoms with E-state index in [-0.39, 0.29) is 24.4 Å². The third-order valence-corrected chi connectivity index (χ3v) is 4.44. The molecule has 0 spiro atoms. The van der Waals surface area contributed by atoms with Crippen LogP contribution in [0.5, 0.6) is 0 Å². The number of aliphatic hydroxyl groups excluding tert-OH is 1. The van der Waals surface area contributed by atoms with E-state index in [1.54, 1.807) is 12.1 Å². The summed E-state index contributed by atoms with van der Waals surface area (Å²) in [5.41, 5.74) is 2.01. The van der Waals surface area contributed by atoms with Gasteiger partial charge in [0.05, 0.1) is 18.3 Å². The van der Waals surface area contributed by atoms with Crippen molar-refractivity contribution in [3.8, 4) is 0 Å². The molecule has 1 aliphatic carbocycles. The lowest BCUT2D eigenvalue weighted by atomic mass is 10.1. The number of hydrogen-bond acceptors (Lipinski definition) is 5. The molecule has 0 saturated heterocycles. The molecule has 5 nitrogen and oxygen atoms in total. The number of nitrogens with zero attached hydrogens (tertiary/aromatic N) is 2. The molecule has 0 aliphatic heterocycles. The van der Waals surface area contributed by atoms with Gasteiger partial charge in [-0.3, -0.25) is 0 Å². The van der Waals surface area contributed by atoms with Crippen LogP contribution in [0.2, 0.25) is 0 Å². The van der Waals surface area contributed by atoms with Crippen LogP contribution in [0, 0.1) is 11.7 Å². The standard InChI is InChI=1S/C19H25FN4O/c1-12(2)17(11-25)23-19-22-16(14-5-6-14)9-18(24-19)21-10-13-3-7-15(20)8-4-13/h3-4,7-9,12,14,17,25H,5-6,10-11H2,1-2H3,(H2,21,22,23,24)/t17-/m1/s1. The van der Waals surface area contributed by atoms with Crippen LogP contribution >= 0.6 is 0 Å². The molecule has 0 unspecified atom stereocenters. The Morgan fingerprint density at radius 1 is 1.20 bits per heavy atom. The molecule has 6 heteroatoms. The van der Waals surface area contributed by atoms with Crippen molar-refractivity contribution >= 4 is 11.8 Å². The Hall–Kier alpha value is -2.21. The summed E-state index contributed by atoms with van der Waals surface area (Å²) in [5, 5.41) is 16.1. The second-order valence-corrected chi connectivity index (χ2v) is 6.93. The molecular weight excluding hydrogens is 319 g/mol. The average Bonchev–Trinajstić information content (AvgIpc) is 3.44. The normalized spacial score (nSPS) is 15.2. The van der Waals surface area contributed by atoms with Crippen molar-refractivity contribution in [2.45, 2.75) is 45.2 Å². The minimum Gasteiger partial charge on any atom is -0.394 e. The van der Waals surface area contributed by atoms with Gasteiger partial charge in [-0.1, -0.05) is 26.0 Å². The van der Waals surface area contributed by atoms with E-state index in [1.165, 1.54) is 12.1 Å². The van der Waals surface area contributed by atoms with Crippen LogP contribution in [0.1, 0.15) is 43.9 Å². The second-order valence-electron chi connectivity index (χ2n) is 6.93. The van der Waals surface area contributed by atoms with Crippen LogP contribution in [0.3, 0.4) is 0 Å². The first kappa shape index (κ1) is 17.6. The fourth-order valence-corrected chi connectivity index (χ4v) is 2.59. The first-order valence-electron chi connectivity index (χ1n) is 8.80. The topological polar surface area (TPSA) is 70.1 Å². The van der Waals surface area contributed by atoms with E-state index in [0.29, 0.717) is 18.4 Å². The number of aliphatic hydroxyl groups is 1. The molecule has 1 aliphatic rings. The monoisotopic (exact) mass is 344 g/mol. The van der Waals surface area contributed by atoms with Crippen molar-refractivity contribution in [3.05, 3.63) is 47.4 Å². The van der Waals surface area contributed by atoms with Crippen molar-refractivity contribution in [3.63, 3.8) is 0 Å². The van der Waals surface area contributed by atoms with E-state index in [4.69, 9.17) is 0 Å². The summed E-state index contributed by atoms with van der Waals surface area (Å²) in [5.74, 6) is 1.82. The van der Waals surface area contributed by atoms with E-state index in [9.17, 15) is 9.50 Å². The predicted molar refractivity (Wildman–Crippen MR) is 97.1 cm³/mol. The van der Waals surface area contributed by atoms with Gasteiger partial charge in [0.15, 0.2) is 0 Å². The molecule has 0 bridgehead atoms. The Balaban J connectivity index is 1.74. The zero-order valence-electron chi connectivity index (χ0n) is 14.7. The van der Waals surface area contributed by atoms with Crippen LogP contribution in [0.4, 0.5) is 16.2 Å². The molecule has 1 saturated carbocycles. The fourth-order valence-electron chi connectivity index (χ4n) is 2.59. The van der Waals surface area contributed by atoms with Gasteiger partial charge in [0.2, 0.25) is 5.95 Å². The molecule has 1 aromatic carbocycles. The molecule has 1 atom stereocenters. The summed E-state index contributed by atoms with van der Waals surface area (Å²) in [7, 11) is 0. The smallest absolute Gasteiger partial charge is 0.225 e. The Morgan fingerprint density at radius 2 is 1.92 bits per heavy atom. The van der Waals surface area contributed by atoms with Gasteiger partial charge < -0.3 is 15.7 Å². The van der Waals surface area contributed by atoms with Crippen LogP contribution in [-0.2, 0) is 6.54 Å². The number of aromatic nitrogens is 2. The average molecular weight is 344 g/mol. The van der Waals surface area contributed by atoms with Crippen LogP contribution in [0.25, 0.3) is 0 Å². The van der Waals surface area contributed by atoms with Crippen LogP contribution in [-0.4, -0.2) is 27.7 Å². The molecule has 3 rings (SSSR count). The highest BCUT2D eigenvalue weighted by molar-refractivity contribution is 5.45. The van der Waals surface area contributed by atoms with E-state index in [2.05, 4.69) is 20.6 Å². The molecule has 1 aromatic heterocycles. The molecule has 25 heavy (non-hydrogen) atoms. The molecule has 1 fully saturated rings. The predicted octanol–water partition coefficient (Wildman–Crippen LogP) is 3.53. The summed E-state index contributed by atoms with van der Waals surface area (Å²) in [6, 6.07) is 8.31. The number of benzene rings is 1. The second kappa shape index (κ2) is 7.78.